The molecule has 1 aliphatic heterocycles. The molecule has 12 heteroatoms. The molecule has 2 aromatic carbocycles. The van der Waals surface area contributed by atoms with Gasteiger partial charge in [-0.15, -0.1) is 10.2 Å². The predicted molar refractivity (Wildman–Crippen MR) is 103 cm³/mol. The van der Waals surface area contributed by atoms with Crippen LogP contribution in [0.25, 0.3) is 0 Å². The lowest BCUT2D eigenvalue weighted by molar-refractivity contribution is 0.102. The maximum atomic E-state index is 12.5. The van der Waals surface area contributed by atoms with Crippen LogP contribution in [-0.2, 0) is 10.0 Å². The number of aromatic nitrogens is 2. The standard InChI is InChI=1S/C16H11ClN4O5S2/c17-11-4-2-1-3-10(11)14(22)18-15-19-20-16(27-15)28(23,24)21-9-5-6-12-13(7-9)26-8-25-12/h1-7,21H,8H2,(H,18,19,22). The van der Waals surface area contributed by atoms with Gasteiger partial charge in [0.15, 0.2) is 11.5 Å². The van der Waals surface area contributed by atoms with E-state index in [4.69, 9.17) is 21.1 Å². The highest BCUT2D eigenvalue weighted by Crippen LogP contribution is 2.35. The Hall–Kier alpha value is -2.89. The smallest absolute Gasteiger partial charge is 0.291 e. The normalized spacial score (nSPS) is 12.6. The molecular weight excluding hydrogens is 428 g/mol. The van der Waals surface area contributed by atoms with Gasteiger partial charge in [-0.3, -0.25) is 14.8 Å². The number of fused-ring (bicyclic) bond motifs is 1. The van der Waals surface area contributed by atoms with Crippen molar-refractivity contribution in [1.29, 1.82) is 0 Å². The number of halogens is 1. The minimum Gasteiger partial charge on any atom is -0.454 e. The molecule has 0 atom stereocenters. The van der Waals surface area contributed by atoms with Crippen LogP contribution in [0, 0.1) is 0 Å². The molecule has 0 radical (unpaired) electrons. The van der Waals surface area contributed by atoms with Crippen molar-refractivity contribution in [2.24, 2.45) is 0 Å². The molecule has 0 bridgehead atoms. The largest absolute Gasteiger partial charge is 0.454 e. The summed E-state index contributed by atoms with van der Waals surface area (Å²) in [5, 5.41) is 10.1. The Morgan fingerprint density at radius 1 is 1.11 bits per heavy atom. The Morgan fingerprint density at radius 2 is 1.89 bits per heavy atom. The summed E-state index contributed by atoms with van der Waals surface area (Å²) < 4.78 is 37.5. The first kappa shape index (κ1) is 18.5. The lowest BCUT2D eigenvalue weighted by atomic mass is 10.2. The molecule has 1 aliphatic rings. The van der Waals surface area contributed by atoms with Crippen LogP contribution in [0.15, 0.2) is 46.8 Å². The van der Waals surface area contributed by atoms with Gasteiger partial charge >= 0.3 is 0 Å². The van der Waals surface area contributed by atoms with Gasteiger partial charge < -0.3 is 9.47 Å². The molecule has 0 fully saturated rings. The molecule has 0 aliphatic carbocycles. The molecular formula is C16H11ClN4O5S2. The van der Waals surface area contributed by atoms with Crippen LogP contribution in [-0.4, -0.2) is 31.3 Å². The second kappa shape index (κ2) is 7.26. The first-order valence-corrected chi connectivity index (χ1v) is 10.4. The number of hydrogen-bond acceptors (Lipinski definition) is 8. The Kier molecular flexibility index (Phi) is 4.79. The molecule has 0 saturated heterocycles. The zero-order chi connectivity index (χ0) is 19.7. The second-order valence-corrected chi connectivity index (χ2v) is 8.72. The van der Waals surface area contributed by atoms with Crippen molar-refractivity contribution in [3.8, 4) is 11.5 Å². The van der Waals surface area contributed by atoms with Gasteiger partial charge in [0, 0.05) is 6.07 Å². The average molecular weight is 439 g/mol. The number of benzene rings is 2. The van der Waals surface area contributed by atoms with Crippen LogP contribution in [0.2, 0.25) is 5.02 Å². The Labute approximate surface area is 168 Å². The van der Waals surface area contributed by atoms with Crippen molar-refractivity contribution in [2.75, 3.05) is 16.8 Å². The molecule has 0 saturated carbocycles. The van der Waals surface area contributed by atoms with E-state index >= 15 is 0 Å². The monoisotopic (exact) mass is 438 g/mol. The van der Waals surface area contributed by atoms with Crippen LogP contribution in [0.5, 0.6) is 11.5 Å². The van der Waals surface area contributed by atoms with Crippen molar-refractivity contribution in [3.63, 3.8) is 0 Å². The molecule has 0 spiro atoms. The number of sulfonamides is 1. The fourth-order valence-electron chi connectivity index (χ4n) is 2.34. The van der Waals surface area contributed by atoms with Crippen LogP contribution >= 0.6 is 22.9 Å². The lowest BCUT2D eigenvalue weighted by Gasteiger charge is -2.05. The molecule has 1 amide bonds. The van der Waals surface area contributed by atoms with E-state index in [0.29, 0.717) is 22.8 Å². The van der Waals surface area contributed by atoms with Crippen LogP contribution < -0.4 is 19.5 Å². The number of carbonyl (C=O) groups is 1. The van der Waals surface area contributed by atoms with Gasteiger partial charge in [-0.1, -0.05) is 35.1 Å². The first-order chi connectivity index (χ1) is 13.4. The summed E-state index contributed by atoms with van der Waals surface area (Å²) >= 11 is 6.68. The van der Waals surface area contributed by atoms with Crippen molar-refractivity contribution in [2.45, 2.75) is 4.34 Å². The summed E-state index contributed by atoms with van der Waals surface area (Å²) in [6, 6.07) is 11.1. The fourth-order valence-corrected chi connectivity index (χ4v) is 4.51. The summed E-state index contributed by atoms with van der Waals surface area (Å²) in [6.45, 7) is 0.0798. The van der Waals surface area contributed by atoms with E-state index in [1.807, 2.05) is 0 Å². The fraction of sp³-hybridized carbons (Fsp3) is 0.0625. The van der Waals surface area contributed by atoms with Gasteiger partial charge in [-0.05, 0) is 24.3 Å². The Morgan fingerprint density at radius 3 is 2.71 bits per heavy atom. The van der Waals surface area contributed by atoms with Gasteiger partial charge in [0.05, 0.1) is 16.3 Å². The van der Waals surface area contributed by atoms with Crippen molar-refractivity contribution in [3.05, 3.63) is 53.1 Å². The highest BCUT2D eigenvalue weighted by atomic mass is 35.5. The maximum Gasteiger partial charge on any atom is 0.291 e. The molecule has 3 aromatic rings. The molecule has 144 valence electrons. The minimum absolute atomic E-state index is 0.0241. The average Bonchev–Trinajstić information content (AvgIpc) is 3.31. The molecule has 28 heavy (non-hydrogen) atoms. The second-order valence-electron chi connectivity index (χ2n) is 5.48. The van der Waals surface area contributed by atoms with Crippen molar-refractivity contribution >= 4 is 49.7 Å². The van der Waals surface area contributed by atoms with Crippen LogP contribution in [0.4, 0.5) is 10.8 Å². The van der Waals surface area contributed by atoms with Gasteiger partial charge in [-0.25, -0.2) is 0 Å². The van der Waals surface area contributed by atoms with Gasteiger partial charge in [0.1, 0.15) is 0 Å². The summed E-state index contributed by atoms with van der Waals surface area (Å²) in [6.07, 6.45) is 0. The van der Waals surface area contributed by atoms with E-state index in [-0.39, 0.29) is 32.5 Å². The third-order valence-corrected chi connectivity index (χ3v) is 6.52. The highest BCUT2D eigenvalue weighted by Gasteiger charge is 2.23. The van der Waals surface area contributed by atoms with E-state index in [1.165, 1.54) is 18.2 Å². The third kappa shape index (κ3) is 3.72. The number of anilines is 2. The molecule has 2 N–H and O–H groups in total. The number of ether oxygens (including phenoxy) is 2. The molecule has 9 nitrogen and oxygen atoms in total. The number of carbonyl (C=O) groups excluding carboxylic acids is 1. The Bertz CT molecular complexity index is 1170. The van der Waals surface area contributed by atoms with E-state index in [2.05, 4.69) is 20.2 Å². The third-order valence-electron chi connectivity index (χ3n) is 3.60. The molecule has 2 heterocycles. The molecule has 1 aromatic heterocycles. The molecule has 4 rings (SSSR count). The minimum atomic E-state index is -4.00. The summed E-state index contributed by atoms with van der Waals surface area (Å²) in [4.78, 5) is 12.2. The van der Waals surface area contributed by atoms with Crippen LogP contribution in [0.3, 0.4) is 0 Å². The van der Waals surface area contributed by atoms with Gasteiger partial charge in [0.2, 0.25) is 11.9 Å². The first-order valence-electron chi connectivity index (χ1n) is 7.74. The van der Waals surface area contributed by atoms with Gasteiger partial charge in [-0.2, -0.15) is 8.42 Å². The topological polar surface area (TPSA) is 120 Å². The van der Waals surface area contributed by atoms with E-state index < -0.39 is 15.9 Å². The zero-order valence-electron chi connectivity index (χ0n) is 13.9. The highest BCUT2D eigenvalue weighted by molar-refractivity contribution is 7.94. The van der Waals surface area contributed by atoms with Gasteiger partial charge in [0.25, 0.3) is 20.3 Å². The predicted octanol–water partition coefficient (Wildman–Crippen LogP) is 2.97. The van der Waals surface area contributed by atoms with E-state index in [1.54, 1.807) is 24.3 Å². The number of amides is 1. The number of nitrogens with one attached hydrogen (secondary N) is 2. The van der Waals surface area contributed by atoms with Crippen LogP contribution in [0.1, 0.15) is 10.4 Å². The van der Waals surface area contributed by atoms with E-state index in [0.717, 1.165) is 0 Å². The Balaban J connectivity index is 1.50. The summed E-state index contributed by atoms with van der Waals surface area (Å²) in [7, 11) is -4.00. The summed E-state index contributed by atoms with van der Waals surface area (Å²) in [5.74, 6) is 0.447. The number of rotatable bonds is 5. The van der Waals surface area contributed by atoms with Crippen molar-refractivity contribution in [1.82, 2.24) is 10.2 Å². The number of hydrogen-bond donors (Lipinski definition) is 2. The quantitative estimate of drug-likeness (QED) is 0.587. The molecule has 0 unspecified atom stereocenters. The summed E-state index contributed by atoms with van der Waals surface area (Å²) in [5.41, 5.74) is 0.517. The SMILES string of the molecule is O=C(Nc1nnc(S(=O)(=O)Nc2ccc3c(c2)OCO3)s1)c1ccccc1Cl. The lowest BCUT2D eigenvalue weighted by Crippen LogP contribution is -2.12. The van der Waals surface area contributed by atoms with Crippen molar-refractivity contribution < 1.29 is 22.7 Å². The number of nitrogens with zero attached hydrogens (tertiary/aromatic N) is 2. The maximum absolute atomic E-state index is 12.5. The zero-order valence-corrected chi connectivity index (χ0v) is 16.3. The van der Waals surface area contributed by atoms with E-state index in [9.17, 15) is 13.2 Å².